The zero-order valence-electron chi connectivity index (χ0n) is 17.8. The minimum atomic E-state index is 0.574. The summed E-state index contributed by atoms with van der Waals surface area (Å²) in [5.41, 5.74) is 5.62. The SMILES string of the molecule is CNc1cc(-c2nn[nH]n2)c(N2CCN(Cc3cccnn3)CC2)cc1CC(C)C. The summed E-state index contributed by atoms with van der Waals surface area (Å²) in [6, 6.07) is 8.43. The van der Waals surface area contributed by atoms with Crippen molar-refractivity contribution < 1.29 is 0 Å². The molecule has 0 spiro atoms. The fraction of sp³-hybridized carbons (Fsp3) is 0.476. The average molecular weight is 408 g/mol. The molecule has 9 heteroatoms. The second-order valence-electron chi connectivity index (χ2n) is 8.09. The molecule has 1 saturated heterocycles. The van der Waals surface area contributed by atoms with Crippen LogP contribution >= 0.6 is 0 Å². The number of hydrogen-bond acceptors (Lipinski definition) is 8. The molecular formula is C21H29N9. The molecule has 0 aliphatic carbocycles. The summed E-state index contributed by atoms with van der Waals surface area (Å²) < 4.78 is 0. The van der Waals surface area contributed by atoms with Gasteiger partial charge in [-0.15, -0.1) is 10.2 Å². The first-order valence-corrected chi connectivity index (χ1v) is 10.5. The minimum Gasteiger partial charge on any atom is -0.388 e. The molecule has 1 aliphatic heterocycles. The highest BCUT2D eigenvalue weighted by Crippen LogP contribution is 2.35. The third-order valence-corrected chi connectivity index (χ3v) is 5.43. The van der Waals surface area contributed by atoms with Gasteiger partial charge in [-0.3, -0.25) is 4.90 Å². The summed E-state index contributed by atoms with van der Waals surface area (Å²) in [4.78, 5) is 4.85. The van der Waals surface area contributed by atoms with Crippen LogP contribution in [0.5, 0.6) is 0 Å². The van der Waals surface area contributed by atoms with E-state index < -0.39 is 0 Å². The van der Waals surface area contributed by atoms with Crippen LogP contribution in [-0.2, 0) is 13.0 Å². The highest BCUT2D eigenvalue weighted by molar-refractivity contribution is 5.80. The molecule has 0 radical (unpaired) electrons. The summed E-state index contributed by atoms with van der Waals surface area (Å²) in [6.45, 7) is 9.13. The van der Waals surface area contributed by atoms with Gasteiger partial charge in [0.2, 0.25) is 5.82 Å². The van der Waals surface area contributed by atoms with Crippen molar-refractivity contribution in [2.45, 2.75) is 26.8 Å². The van der Waals surface area contributed by atoms with Crippen molar-refractivity contribution in [2.75, 3.05) is 43.4 Å². The fourth-order valence-corrected chi connectivity index (χ4v) is 3.98. The van der Waals surface area contributed by atoms with Gasteiger partial charge in [0.15, 0.2) is 0 Å². The Morgan fingerprint density at radius 2 is 1.97 bits per heavy atom. The van der Waals surface area contributed by atoms with Gasteiger partial charge in [0.1, 0.15) is 0 Å². The number of aromatic amines is 1. The molecule has 0 bridgehead atoms. The van der Waals surface area contributed by atoms with Crippen LogP contribution in [0.15, 0.2) is 30.5 Å². The number of aromatic nitrogens is 6. The van der Waals surface area contributed by atoms with Crippen molar-refractivity contribution in [3.8, 4) is 11.4 Å². The summed E-state index contributed by atoms with van der Waals surface area (Å²) in [5, 5.41) is 26.4. The lowest BCUT2D eigenvalue weighted by atomic mass is 9.97. The Bertz CT molecular complexity index is 933. The molecule has 2 N–H and O–H groups in total. The third-order valence-electron chi connectivity index (χ3n) is 5.43. The monoisotopic (exact) mass is 407 g/mol. The number of benzene rings is 1. The molecule has 1 aliphatic rings. The Labute approximate surface area is 176 Å². The maximum atomic E-state index is 4.25. The van der Waals surface area contributed by atoms with Crippen LogP contribution < -0.4 is 10.2 Å². The predicted octanol–water partition coefficient (Wildman–Crippen LogP) is 2.22. The highest BCUT2D eigenvalue weighted by atomic mass is 15.5. The smallest absolute Gasteiger partial charge is 0.206 e. The second-order valence-corrected chi connectivity index (χ2v) is 8.09. The first-order chi connectivity index (χ1) is 14.6. The van der Waals surface area contributed by atoms with E-state index in [4.69, 9.17) is 0 Å². The molecule has 0 unspecified atom stereocenters. The van der Waals surface area contributed by atoms with Crippen LogP contribution in [0.2, 0.25) is 0 Å². The van der Waals surface area contributed by atoms with Gasteiger partial charge in [-0.2, -0.15) is 15.4 Å². The van der Waals surface area contributed by atoms with E-state index in [-0.39, 0.29) is 0 Å². The molecule has 2 aromatic heterocycles. The Morgan fingerprint density at radius 3 is 2.60 bits per heavy atom. The Balaban J connectivity index is 1.58. The number of tetrazole rings is 1. The quantitative estimate of drug-likeness (QED) is 0.615. The number of piperazine rings is 1. The van der Waals surface area contributed by atoms with Crippen LogP contribution in [-0.4, -0.2) is 68.9 Å². The maximum absolute atomic E-state index is 4.25. The minimum absolute atomic E-state index is 0.574. The molecule has 30 heavy (non-hydrogen) atoms. The summed E-state index contributed by atoms with van der Waals surface area (Å²) in [6.07, 6.45) is 2.73. The number of hydrogen-bond donors (Lipinski definition) is 2. The van der Waals surface area contributed by atoms with Gasteiger partial charge in [0, 0.05) is 62.9 Å². The average Bonchev–Trinajstić information content (AvgIpc) is 3.29. The zero-order chi connectivity index (χ0) is 20.9. The van der Waals surface area contributed by atoms with E-state index in [0.29, 0.717) is 11.7 Å². The topological polar surface area (TPSA) is 98.8 Å². The van der Waals surface area contributed by atoms with E-state index >= 15 is 0 Å². The molecule has 3 aromatic rings. The standard InChI is InChI=1S/C21H29N9/c1-15(2)11-16-12-20(18(13-19(16)22-3)21-25-27-28-26-21)30-9-7-29(8-10-30)14-17-5-4-6-23-24-17/h4-6,12-13,15,22H,7-11,14H2,1-3H3,(H,25,26,27,28). The largest absolute Gasteiger partial charge is 0.388 e. The number of H-pyrrole nitrogens is 1. The molecule has 4 rings (SSSR count). The van der Waals surface area contributed by atoms with E-state index in [1.165, 1.54) is 11.3 Å². The lowest BCUT2D eigenvalue weighted by Gasteiger charge is -2.37. The fourth-order valence-electron chi connectivity index (χ4n) is 3.98. The van der Waals surface area contributed by atoms with Crippen LogP contribution in [0.3, 0.4) is 0 Å². The van der Waals surface area contributed by atoms with E-state index in [9.17, 15) is 0 Å². The van der Waals surface area contributed by atoms with E-state index in [1.54, 1.807) is 6.20 Å². The Morgan fingerprint density at radius 1 is 1.13 bits per heavy atom. The van der Waals surface area contributed by atoms with Gasteiger partial charge in [-0.25, -0.2) is 0 Å². The van der Waals surface area contributed by atoms with Gasteiger partial charge < -0.3 is 10.2 Å². The highest BCUT2D eigenvalue weighted by Gasteiger charge is 2.23. The maximum Gasteiger partial charge on any atom is 0.206 e. The first kappa shape index (κ1) is 20.2. The second kappa shape index (κ2) is 9.17. The van der Waals surface area contributed by atoms with Gasteiger partial charge in [-0.05, 0) is 47.4 Å². The lowest BCUT2D eigenvalue weighted by Crippen LogP contribution is -2.46. The van der Waals surface area contributed by atoms with Crippen LogP contribution in [0.1, 0.15) is 25.1 Å². The molecular weight excluding hydrogens is 378 g/mol. The third kappa shape index (κ3) is 4.56. The Kier molecular flexibility index (Phi) is 6.18. The number of rotatable bonds is 7. The van der Waals surface area contributed by atoms with E-state index in [0.717, 1.165) is 56.1 Å². The van der Waals surface area contributed by atoms with Crippen LogP contribution in [0, 0.1) is 5.92 Å². The van der Waals surface area contributed by atoms with Crippen LogP contribution in [0.25, 0.3) is 11.4 Å². The van der Waals surface area contributed by atoms with Gasteiger partial charge in [-0.1, -0.05) is 13.8 Å². The molecule has 3 heterocycles. The number of nitrogens with one attached hydrogen (secondary N) is 2. The normalized spacial score (nSPS) is 15.0. The van der Waals surface area contributed by atoms with Gasteiger partial charge in [0.25, 0.3) is 0 Å². The first-order valence-electron chi connectivity index (χ1n) is 10.5. The van der Waals surface area contributed by atoms with Crippen molar-refractivity contribution in [3.63, 3.8) is 0 Å². The molecule has 0 atom stereocenters. The van der Waals surface area contributed by atoms with Gasteiger partial charge >= 0.3 is 0 Å². The van der Waals surface area contributed by atoms with Crippen molar-refractivity contribution in [3.05, 3.63) is 41.7 Å². The van der Waals surface area contributed by atoms with Crippen molar-refractivity contribution in [1.29, 1.82) is 0 Å². The van der Waals surface area contributed by atoms with E-state index in [1.807, 2.05) is 19.2 Å². The van der Waals surface area contributed by atoms with Crippen LogP contribution in [0.4, 0.5) is 11.4 Å². The van der Waals surface area contributed by atoms with Gasteiger partial charge in [0.05, 0.1) is 5.69 Å². The molecule has 0 amide bonds. The molecule has 1 aromatic carbocycles. The lowest BCUT2D eigenvalue weighted by molar-refractivity contribution is 0.246. The van der Waals surface area contributed by atoms with Crippen molar-refractivity contribution in [1.82, 2.24) is 35.7 Å². The molecule has 158 valence electrons. The predicted molar refractivity (Wildman–Crippen MR) is 117 cm³/mol. The number of nitrogens with zero attached hydrogens (tertiary/aromatic N) is 7. The molecule has 1 fully saturated rings. The molecule has 9 nitrogen and oxygen atoms in total. The Hall–Kier alpha value is -3.07. The summed E-state index contributed by atoms with van der Waals surface area (Å²) in [7, 11) is 1.96. The molecule has 0 saturated carbocycles. The van der Waals surface area contributed by atoms with Crippen molar-refractivity contribution in [2.24, 2.45) is 5.92 Å². The zero-order valence-corrected chi connectivity index (χ0v) is 17.8. The summed E-state index contributed by atoms with van der Waals surface area (Å²) in [5.74, 6) is 1.20. The summed E-state index contributed by atoms with van der Waals surface area (Å²) >= 11 is 0. The number of anilines is 2. The van der Waals surface area contributed by atoms with Crippen molar-refractivity contribution >= 4 is 11.4 Å². The van der Waals surface area contributed by atoms with E-state index in [2.05, 4.69) is 71.9 Å².